The van der Waals surface area contributed by atoms with Crippen LogP contribution in [0, 0.1) is 0 Å². The molecule has 6 N–H and O–H groups in total. The molecule has 2 heterocycles. The predicted octanol–water partition coefficient (Wildman–Crippen LogP) is -0.777. The summed E-state index contributed by atoms with van der Waals surface area (Å²) in [4.78, 5) is 15.5. The SMILES string of the molecule is Nc1cnc(S(=O)(=O)Nc2ccc3c(c2)B(O)OC3)c(NC(=O)OCCO)c1. The quantitative estimate of drug-likeness (QED) is 0.384. The maximum absolute atomic E-state index is 12.8. The van der Waals surface area contributed by atoms with Crippen LogP contribution >= 0.6 is 0 Å². The molecular weight excluding hydrogens is 391 g/mol. The van der Waals surface area contributed by atoms with E-state index in [1.54, 1.807) is 6.07 Å². The number of fused-ring (bicyclic) bond motifs is 1. The third kappa shape index (κ3) is 4.34. The molecule has 0 saturated heterocycles. The molecule has 0 spiro atoms. The number of rotatable bonds is 6. The fraction of sp³-hybridized carbons (Fsp3) is 0.200. The van der Waals surface area contributed by atoms with E-state index in [1.165, 1.54) is 18.2 Å². The Kier molecular flexibility index (Phi) is 5.69. The fourth-order valence-electron chi connectivity index (χ4n) is 2.54. The van der Waals surface area contributed by atoms with Crippen molar-refractivity contribution in [2.75, 3.05) is 29.0 Å². The zero-order chi connectivity index (χ0) is 20.3. The van der Waals surface area contributed by atoms with Crippen LogP contribution in [0.1, 0.15) is 5.56 Å². The Morgan fingerprint density at radius 2 is 2.18 bits per heavy atom. The number of aliphatic hydroxyl groups is 1. The highest BCUT2D eigenvalue weighted by molar-refractivity contribution is 7.92. The first-order chi connectivity index (χ1) is 13.3. The number of nitrogens with one attached hydrogen (secondary N) is 2. The molecule has 0 aliphatic carbocycles. The summed E-state index contributed by atoms with van der Waals surface area (Å²) in [5.41, 5.74) is 6.93. The smallest absolute Gasteiger partial charge is 0.447 e. The molecule has 0 unspecified atom stereocenters. The molecule has 1 aliphatic heterocycles. The highest BCUT2D eigenvalue weighted by atomic mass is 32.2. The van der Waals surface area contributed by atoms with Crippen molar-refractivity contribution in [3.63, 3.8) is 0 Å². The number of ether oxygens (including phenoxy) is 1. The second kappa shape index (κ2) is 8.02. The minimum atomic E-state index is -4.22. The second-order valence-electron chi connectivity index (χ2n) is 5.79. The topological polar surface area (TPSA) is 173 Å². The minimum absolute atomic E-state index is 0.120. The van der Waals surface area contributed by atoms with Gasteiger partial charge >= 0.3 is 13.2 Å². The van der Waals surface area contributed by atoms with Crippen molar-refractivity contribution in [2.24, 2.45) is 0 Å². The maximum Gasteiger partial charge on any atom is 0.491 e. The Hall–Kier alpha value is -2.87. The van der Waals surface area contributed by atoms with Gasteiger partial charge in [-0.05, 0) is 29.2 Å². The van der Waals surface area contributed by atoms with Crippen molar-refractivity contribution < 1.29 is 32.7 Å². The van der Waals surface area contributed by atoms with E-state index in [9.17, 15) is 18.2 Å². The summed E-state index contributed by atoms with van der Waals surface area (Å²) >= 11 is 0. The number of aromatic nitrogens is 1. The number of pyridine rings is 1. The Morgan fingerprint density at radius 3 is 2.93 bits per heavy atom. The lowest BCUT2D eigenvalue weighted by Crippen LogP contribution is -2.28. The number of hydrogen-bond donors (Lipinski definition) is 5. The molecule has 13 heteroatoms. The monoisotopic (exact) mass is 408 g/mol. The average Bonchev–Trinajstić information content (AvgIpc) is 3.00. The van der Waals surface area contributed by atoms with Gasteiger partial charge in [0.2, 0.25) is 0 Å². The molecule has 0 radical (unpaired) electrons. The van der Waals surface area contributed by atoms with Gasteiger partial charge in [-0.1, -0.05) is 6.07 Å². The molecule has 0 bridgehead atoms. The van der Waals surface area contributed by atoms with Crippen LogP contribution < -0.4 is 21.2 Å². The molecule has 1 aliphatic rings. The molecule has 1 amide bonds. The summed E-state index contributed by atoms with van der Waals surface area (Å²) in [6, 6.07) is 5.80. The van der Waals surface area contributed by atoms with Gasteiger partial charge in [0.05, 0.1) is 30.8 Å². The van der Waals surface area contributed by atoms with Gasteiger partial charge in [0.15, 0.2) is 5.03 Å². The van der Waals surface area contributed by atoms with Crippen molar-refractivity contribution in [1.82, 2.24) is 4.98 Å². The van der Waals surface area contributed by atoms with Crippen LogP contribution in [0.5, 0.6) is 0 Å². The number of hydrogen-bond acceptors (Lipinski definition) is 9. The number of carbonyl (C=O) groups excluding carboxylic acids is 1. The highest BCUT2D eigenvalue weighted by Crippen LogP contribution is 2.24. The van der Waals surface area contributed by atoms with E-state index < -0.39 is 28.3 Å². The van der Waals surface area contributed by atoms with Crippen molar-refractivity contribution in [2.45, 2.75) is 11.6 Å². The van der Waals surface area contributed by atoms with E-state index in [0.29, 0.717) is 5.46 Å². The fourth-order valence-corrected chi connectivity index (χ4v) is 3.66. The van der Waals surface area contributed by atoms with Gasteiger partial charge in [0.1, 0.15) is 6.61 Å². The number of nitrogens with two attached hydrogens (primary N) is 1. The van der Waals surface area contributed by atoms with Gasteiger partial charge in [-0.2, -0.15) is 8.42 Å². The van der Waals surface area contributed by atoms with Crippen molar-refractivity contribution >= 4 is 45.8 Å². The first-order valence-corrected chi connectivity index (χ1v) is 9.54. The van der Waals surface area contributed by atoms with Gasteiger partial charge < -0.3 is 25.3 Å². The normalized spacial score (nSPS) is 13.1. The summed E-state index contributed by atoms with van der Waals surface area (Å²) in [6.07, 6.45) is 0.148. The van der Waals surface area contributed by atoms with E-state index in [-0.39, 0.29) is 36.9 Å². The molecule has 0 atom stereocenters. The summed E-state index contributed by atoms with van der Waals surface area (Å²) in [6.45, 7) is -0.419. The van der Waals surface area contributed by atoms with Crippen molar-refractivity contribution in [3.05, 3.63) is 36.0 Å². The Balaban J connectivity index is 1.87. The number of nitrogen functional groups attached to an aromatic ring is 1. The highest BCUT2D eigenvalue weighted by Gasteiger charge is 2.28. The zero-order valence-corrected chi connectivity index (χ0v) is 15.3. The van der Waals surface area contributed by atoms with Crippen molar-refractivity contribution in [3.8, 4) is 0 Å². The first kappa shape index (κ1) is 19.9. The molecular formula is C15H17BN4O7S. The third-order valence-corrected chi connectivity index (χ3v) is 5.09. The lowest BCUT2D eigenvalue weighted by atomic mass is 9.79. The summed E-state index contributed by atoms with van der Waals surface area (Å²) in [5, 5.41) is 20.2. The predicted molar refractivity (Wildman–Crippen MR) is 100 cm³/mol. The molecule has 0 fully saturated rings. The number of carbonyl (C=O) groups is 1. The minimum Gasteiger partial charge on any atom is -0.447 e. The molecule has 11 nitrogen and oxygen atoms in total. The molecule has 1 aromatic carbocycles. The van der Waals surface area contributed by atoms with E-state index in [0.717, 1.165) is 11.8 Å². The average molecular weight is 408 g/mol. The van der Waals surface area contributed by atoms with E-state index in [1.807, 2.05) is 0 Å². The summed E-state index contributed by atoms with van der Waals surface area (Å²) < 4.78 is 37.6. The number of amides is 1. The Morgan fingerprint density at radius 1 is 1.39 bits per heavy atom. The lowest BCUT2D eigenvalue weighted by Gasteiger charge is -2.13. The van der Waals surface area contributed by atoms with Gasteiger partial charge in [0, 0.05) is 5.69 Å². The standard InChI is InChI=1S/C15H17BN4O7S/c17-10-5-13(19-15(22)26-4-3-21)14(18-7-10)28(24,25)20-11-2-1-9-8-27-16(23)12(9)6-11/h1-2,5-7,20-21,23H,3-4,8,17H2,(H,19,22). The maximum atomic E-state index is 12.8. The van der Waals surface area contributed by atoms with Crippen LogP contribution in [0.3, 0.4) is 0 Å². The van der Waals surface area contributed by atoms with Crippen LogP contribution in [0.15, 0.2) is 35.5 Å². The Labute approximate surface area is 160 Å². The van der Waals surface area contributed by atoms with E-state index in [4.69, 9.17) is 15.5 Å². The van der Waals surface area contributed by atoms with Crippen LogP contribution in [-0.2, 0) is 26.0 Å². The molecule has 3 rings (SSSR count). The Bertz CT molecular complexity index is 1000. The van der Waals surface area contributed by atoms with Crippen LogP contribution in [0.4, 0.5) is 21.9 Å². The number of anilines is 3. The first-order valence-electron chi connectivity index (χ1n) is 8.05. The van der Waals surface area contributed by atoms with Crippen LogP contribution in [0.25, 0.3) is 0 Å². The van der Waals surface area contributed by atoms with Crippen LogP contribution in [-0.4, -0.2) is 50.0 Å². The van der Waals surface area contributed by atoms with E-state index >= 15 is 0 Å². The van der Waals surface area contributed by atoms with Gasteiger partial charge in [-0.3, -0.25) is 10.0 Å². The van der Waals surface area contributed by atoms with Gasteiger partial charge in [-0.15, -0.1) is 0 Å². The number of nitrogens with zero attached hydrogens (tertiary/aromatic N) is 1. The molecule has 1 aromatic heterocycles. The van der Waals surface area contributed by atoms with Gasteiger partial charge in [0.25, 0.3) is 10.0 Å². The molecule has 0 saturated carbocycles. The summed E-state index contributed by atoms with van der Waals surface area (Å²) in [5.74, 6) is 0. The van der Waals surface area contributed by atoms with Crippen LogP contribution in [0.2, 0.25) is 0 Å². The molecule has 2 aromatic rings. The molecule has 28 heavy (non-hydrogen) atoms. The van der Waals surface area contributed by atoms with Gasteiger partial charge in [-0.25, -0.2) is 9.78 Å². The number of benzene rings is 1. The third-order valence-electron chi connectivity index (χ3n) is 3.75. The second-order valence-corrected chi connectivity index (χ2v) is 7.39. The van der Waals surface area contributed by atoms with Crippen molar-refractivity contribution in [1.29, 1.82) is 0 Å². The number of sulfonamides is 1. The zero-order valence-electron chi connectivity index (χ0n) is 14.5. The number of aliphatic hydroxyl groups excluding tert-OH is 1. The lowest BCUT2D eigenvalue weighted by molar-refractivity contribution is 0.131. The largest absolute Gasteiger partial charge is 0.491 e. The summed E-state index contributed by atoms with van der Waals surface area (Å²) in [7, 11) is -5.35. The van der Waals surface area contributed by atoms with E-state index in [2.05, 4.69) is 19.8 Å². The molecule has 148 valence electrons.